The zero-order valence-electron chi connectivity index (χ0n) is 10.7. The predicted octanol–water partition coefficient (Wildman–Crippen LogP) is 1.83. The second kappa shape index (κ2) is 5.80. The molecule has 0 radical (unpaired) electrons. The first-order chi connectivity index (χ1) is 8.60. The Balaban J connectivity index is 1.93. The summed E-state index contributed by atoms with van der Waals surface area (Å²) in [5.41, 5.74) is 1.12. The molecule has 1 saturated carbocycles. The fourth-order valence-electron chi connectivity index (χ4n) is 2.40. The highest BCUT2D eigenvalue weighted by Gasteiger charge is 2.31. The minimum Gasteiger partial charge on any atom is -0.265 e. The van der Waals surface area contributed by atoms with Crippen LogP contribution in [0, 0.1) is 0 Å². The molecule has 1 heterocycles. The predicted molar refractivity (Wildman–Crippen MR) is 71.7 cm³/mol. The van der Waals surface area contributed by atoms with Gasteiger partial charge in [0.2, 0.25) is 10.0 Å². The van der Waals surface area contributed by atoms with Crippen LogP contribution in [0.2, 0.25) is 0 Å². The van der Waals surface area contributed by atoms with Crippen LogP contribution in [0.15, 0.2) is 24.5 Å². The van der Waals surface area contributed by atoms with E-state index in [2.05, 4.69) is 4.98 Å². The molecule has 5 heteroatoms. The summed E-state index contributed by atoms with van der Waals surface area (Å²) < 4.78 is 26.1. The SMILES string of the molecule is CN(CCc1ccncc1)S(=O)(=O)C1CCCC1. The maximum Gasteiger partial charge on any atom is 0.216 e. The number of rotatable bonds is 5. The quantitative estimate of drug-likeness (QED) is 0.818. The molecule has 1 aromatic rings. The molecule has 1 aromatic heterocycles. The molecule has 0 atom stereocenters. The van der Waals surface area contributed by atoms with E-state index in [-0.39, 0.29) is 5.25 Å². The van der Waals surface area contributed by atoms with E-state index < -0.39 is 10.0 Å². The second-order valence-corrected chi connectivity index (χ2v) is 7.20. The summed E-state index contributed by atoms with van der Waals surface area (Å²) in [5, 5.41) is -0.153. The fourth-order valence-corrected chi connectivity index (χ4v) is 4.19. The van der Waals surface area contributed by atoms with E-state index in [9.17, 15) is 8.42 Å². The van der Waals surface area contributed by atoms with Crippen LogP contribution >= 0.6 is 0 Å². The lowest BCUT2D eigenvalue weighted by Crippen LogP contribution is -2.36. The van der Waals surface area contributed by atoms with Gasteiger partial charge in [0.25, 0.3) is 0 Å². The highest BCUT2D eigenvalue weighted by atomic mass is 32.2. The van der Waals surface area contributed by atoms with E-state index in [1.54, 1.807) is 19.4 Å². The average Bonchev–Trinajstić information content (AvgIpc) is 2.91. The van der Waals surface area contributed by atoms with Crippen LogP contribution in [-0.4, -0.2) is 36.5 Å². The molecule has 0 aliphatic heterocycles. The third kappa shape index (κ3) is 3.09. The van der Waals surface area contributed by atoms with Gasteiger partial charge in [0.05, 0.1) is 5.25 Å². The standard InChI is InChI=1S/C13H20N2O2S/c1-15(11-8-12-6-9-14-10-7-12)18(16,17)13-4-2-3-5-13/h6-7,9-10,13H,2-5,8,11H2,1H3. The van der Waals surface area contributed by atoms with E-state index in [0.717, 1.165) is 37.7 Å². The number of nitrogens with zero attached hydrogens (tertiary/aromatic N) is 2. The zero-order valence-corrected chi connectivity index (χ0v) is 11.6. The molecule has 1 fully saturated rings. The lowest BCUT2D eigenvalue weighted by atomic mass is 10.2. The van der Waals surface area contributed by atoms with Crippen LogP contribution in [-0.2, 0) is 16.4 Å². The van der Waals surface area contributed by atoms with Gasteiger partial charge in [0.1, 0.15) is 0 Å². The molecule has 0 aromatic carbocycles. The minimum atomic E-state index is -3.09. The molecule has 0 unspecified atom stereocenters. The summed E-state index contributed by atoms with van der Waals surface area (Å²) in [6, 6.07) is 3.85. The van der Waals surface area contributed by atoms with Gasteiger partial charge in [-0.3, -0.25) is 4.98 Å². The van der Waals surface area contributed by atoms with Crippen molar-refractivity contribution in [2.45, 2.75) is 37.4 Å². The Morgan fingerprint density at radius 2 is 1.89 bits per heavy atom. The molecule has 2 rings (SSSR count). The fraction of sp³-hybridized carbons (Fsp3) is 0.615. The monoisotopic (exact) mass is 268 g/mol. The summed E-state index contributed by atoms with van der Waals surface area (Å²) in [6.45, 7) is 0.544. The Morgan fingerprint density at radius 3 is 2.50 bits per heavy atom. The molecule has 1 aliphatic rings. The van der Waals surface area contributed by atoms with Gasteiger partial charge >= 0.3 is 0 Å². The van der Waals surface area contributed by atoms with E-state index in [0.29, 0.717) is 6.54 Å². The van der Waals surface area contributed by atoms with Crippen LogP contribution in [0.5, 0.6) is 0 Å². The van der Waals surface area contributed by atoms with E-state index >= 15 is 0 Å². The van der Waals surface area contributed by atoms with Gasteiger partial charge in [0, 0.05) is 26.0 Å². The maximum absolute atomic E-state index is 12.3. The topological polar surface area (TPSA) is 50.3 Å². The first-order valence-electron chi connectivity index (χ1n) is 6.45. The Labute approximate surface area is 109 Å². The van der Waals surface area contributed by atoms with Crippen molar-refractivity contribution in [2.75, 3.05) is 13.6 Å². The molecular weight excluding hydrogens is 248 g/mol. The largest absolute Gasteiger partial charge is 0.265 e. The van der Waals surface area contributed by atoms with Crippen molar-refractivity contribution in [2.24, 2.45) is 0 Å². The van der Waals surface area contributed by atoms with E-state index in [1.807, 2.05) is 12.1 Å². The molecular formula is C13H20N2O2S. The Bertz CT molecular complexity index is 467. The van der Waals surface area contributed by atoms with Gasteiger partial charge in [-0.2, -0.15) is 0 Å². The van der Waals surface area contributed by atoms with Gasteiger partial charge in [-0.25, -0.2) is 12.7 Å². The molecule has 0 N–H and O–H groups in total. The van der Waals surface area contributed by atoms with E-state index in [1.165, 1.54) is 4.31 Å². The highest BCUT2D eigenvalue weighted by molar-refractivity contribution is 7.89. The van der Waals surface area contributed by atoms with Crippen LogP contribution < -0.4 is 0 Å². The summed E-state index contributed by atoms with van der Waals surface area (Å²) in [6.07, 6.45) is 7.95. The van der Waals surface area contributed by atoms with Crippen molar-refractivity contribution in [1.82, 2.24) is 9.29 Å². The Kier molecular flexibility index (Phi) is 4.35. The normalized spacial score (nSPS) is 17.4. The average molecular weight is 268 g/mol. The van der Waals surface area contributed by atoms with Gasteiger partial charge in [-0.1, -0.05) is 12.8 Å². The number of aromatic nitrogens is 1. The maximum atomic E-state index is 12.3. The first-order valence-corrected chi connectivity index (χ1v) is 7.95. The second-order valence-electron chi connectivity index (χ2n) is 4.88. The third-order valence-electron chi connectivity index (χ3n) is 3.62. The molecule has 4 nitrogen and oxygen atoms in total. The zero-order chi connectivity index (χ0) is 13.0. The lowest BCUT2D eigenvalue weighted by molar-refractivity contribution is 0.460. The number of hydrogen-bond acceptors (Lipinski definition) is 3. The molecule has 0 bridgehead atoms. The van der Waals surface area contributed by atoms with Crippen molar-refractivity contribution in [3.63, 3.8) is 0 Å². The smallest absolute Gasteiger partial charge is 0.216 e. The van der Waals surface area contributed by atoms with Gasteiger partial charge in [-0.05, 0) is 37.0 Å². The number of pyridine rings is 1. The minimum absolute atomic E-state index is 0.153. The first kappa shape index (κ1) is 13.5. The van der Waals surface area contributed by atoms with Gasteiger partial charge in [-0.15, -0.1) is 0 Å². The Morgan fingerprint density at radius 1 is 1.28 bits per heavy atom. The molecule has 100 valence electrons. The Hall–Kier alpha value is -0.940. The van der Waals surface area contributed by atoms with Gasteiger partial charge < -0.3 is 0 Å². The van der Waals surface area contributed by atoms with Crippen LogP contribution in [0.1, 0.15) is 31.2 Å². The highest BCUT2D eigenvalue weighted by Crippen LogP contribution is 2.26. The molecule has 18 heavy (non-hydrogen) atoms. The summed E-state index contributed by atoms with van der Waals surface area (Å²) in [5.74, 6) is 0. The van der Waals surface area contributed by atoms with Crippen molar-refractivity contribution < 1.29 is 8.42 Å². The van der Waals surface area contributed by atoms with Crippen molar-refractivity contribution in [1.29, 1.82) is 0 Å². The van der Waals surface area contributed by atoms with Crippen LogP contribution in [0.3, 0.4) is 0 Å². The lowest BCUT2D eigenvalue weighted by Gasteiger charge is -2.21. The number of hydrogen-bond donors (Lipinski definition) is 0. The summed E-state index contributed by atoms with van der Waals surface area (Å²) in [4.78, 5) is 3.95. The van der Waals surface area contributed by atoms with E-state index in [4.69, 9.17) is 0 Å². The molecule has 0 amide bonds. The van der Waals surface area contributed by atoms with Crippen molar-refractivity contribution in [3.8, 4) is 0 Å². The molecule has 0 spiro atoms. The summed E-state index contributed by atoms with van der Waals surface area (Å²) in [7, 11) is -1.40. The van der Waals surface area contributed by atoms with Gasteiger partial charge in [0.15, 0.2) is 0 Å². The number of sulfonamides is 1. The van der Waals surface area contributed by atoms with Crippen molar-refractivity contribution in [3.05, 3.63) is 30.1 Å². The van der Waals surface area contributed by atoms with Crippen molar-refractivity contribution >= 4 is 10.0 Å². The van der Waals surface area contributed by atoms with Crippen LogP contribution in [0.4, 0.5) is 0 Å². The molecule has 1 aliphatic carbocycles. The summed E-state index contributed by atoms with van der Waals surface area (Å²) >= 11 is 0. The number of likely N-dealkylation sites (N-methyl/N-ethyl adjacent to an activating group) is 1. The third-order valence-corrected chi connectivity index (χ3v) is 5.99. The van der Waals surface area contributed by atoms with Crippen LogP contribution in [0.25, 0.3) is 0 Å². The molecule has 0 saturated heterocycles.